The van der Waals surface area contributed by atoms with Crippen LogP contribution in [0.3, 0.4) is 0 Å². The Bertz CT molecular complexity index is 590. The van der Waals surface area contributed by atoms with E-state index in [0.29, 0.717) is 6.42 Å². The molecule has 0 saturated carbocycles. The number of rotatable bonds is 7. The van der Waals surface area contributed by atoms with Gasteiger partial charge >= 0.3 is 0 Å². The standard InChI is InChI=1S/C17H25N3O/c1-3-4-7-10-20(2)17(21)15(18)11-13-12-19-16-9-6-5-8-14(13)16/h5-6,8-9,12,15,19H,3-4,7,10-11,18H2,1-2H3. The number of nitrogens with zero attached hydrogens (tertiary/aromatic N) is 1. The number of fused-ring (bicyclic) bond motifs is 1. The fourth-order valence-electron chi connectivity index (χ4n) is 2.62. The predicted octanol–water partition coefficient (Wildman–Crippen LogP) is 2.69. The van der Waals surface area contributed by atoms with Crippen LogP contribution in [-0.4, -0.2) is 35.4 Å². The van der Waals surface area contributed by atoms with Crippen LogP contribution in [0.15, 0.2) is 30.5 Å². The first-order valence-electron chi connectivity index (χ1n) is 7.69. The summed E-state index contributed by atoms with van der Waals surface area (Å²) in [4.78, 5) is 17.3. The van der Waals surface area contributed by atoms with Crippen LogP contribution in [0.1, 0.15) is 31.7 Å². The van der Waals surface area contributed by atoms with Gasteiger partial charge in [0.25, 0.3) is 0 Å². The van der Waals surface area contributed by atoms with E-state index in [1.807, 2.05) is 31.4 Å². The average Bonchev–Trinajstić information content (AvgIpc) is 2.90. The van der Waals surface area contributed by atoms with Gasteiger partial charge in [-0.25, -0.2) is 0 Å². The molecule has 0 aliphatic carbocycles. The van der Waals surface area contributed by atoms with Crippen molar-refractivity contribution in [2.24, 2.45) is 5.73 Å². The summed E-state index contributed by atoms with van der Waals surface area (Å²) < 4.78 is 0. The zero-order valence-electron chi connectivity index (χ0n) is 12.9. The van der Waals surface area contributed by atoms with Crippen molar-refractivity contribution >= 4 is 16.8 Å². The van der Waals surface area contributed by atoms with Crippen LogP contribution >= 0.6 is 0 Å². The lowest BCUT2D eigenvalue weighted by Crippen LogP contribution is -2.43. The molecular weight excluding hydrogens is 262 g/mol. The molecule has 1 unspecified atom stereocenters. The van der Waals surface area contributed by atoms with Crippen molar-refractivity contribution in [2.75, 3.05) is 13.6 Å². The van der Waals surface area contributed by atoms with Crippen LogP contribution in [0.25, 0.3) is 10.9 Å². The van der Waals surface area contributed by atoms with Gasteiger partial charge in [0.05, 0.1) is 6.04 Å². The number of aromatic amines is 1. The van der Waals surface area contributed by atoms with Crippen molar-refractivity contribution in [1.29, 1.82) is 0 Å². The third kappa shape index (κ3) is 3.85. The number of benzene rings is 1. The molecule has 114 valence electrons. The maximum Gasteiger partial charge on any atom is 0.239 e. The molecule has 1 amide bonds. The predicted molar refractivity (Wildman–Crippen MR) is 87.1 cm³/mol. The Hall–Kier alpha value is -1.81. The van der Waals surface area contributed by atoms with Crippen LogP contribution in [0.5, 0.6) is 0 Å². The quantitative estimate of drug-likeness (QED) is 0.769. The van der Waals surface area contributed by atoms with Gasteiger partial charge in [-0.05, 0) is 24.5 Å². The highest BCUT2D eigenvalue weighted by Gasteiger charge is 2.19. The van der Waals surface area contributed by atoms with E-state index in [-0.39, 0.29) is 5.91 Å². The van der Waals surface area contributed by atoms with Gasteiger partial charge in [-0.3, -0.25) is 4.79 Å². The fourth-order valence-corrected chi connectivity index (χ4v) is 2.62. The Morgan fingerprint density at radius 2 is 2.10 bits per heavy atom. The van der Waals surface area contributed by atoms with Crippen LogP contribution in [0.2, 0.25) is 0 Å². The minimum Gasteiger partial charge on any atom is -0.361 e. The molecule has 0 bridgehead atoms. The van der Waals surface area contributed by atoms with Crippen molar-refractivity contribution < 1.29 is 4.79 Å². The maximum atomic E-state index is 12.3. The summed E-state index contributed by atoms with van der Waals surface area (Å²) in [5, 5.41) is 1.15. The second kappa shape index (κ2) is 7.27. The van der Waals surface area contributed by atoms with Gasteiger partial charge in [-0.2, -0.15) is 0 Å². The van der Waals surface area contributed by atoms with Gasteiger partial charge in [0.2, 0.25) is 5.91 Å². The minimum absolute atomic E-state index is 0.0244. The molecule has 3 N–H and O–H groups in total. The minimum atomic E-state index is -0.476. The van der Waals surface area contributed by atoms with E-state index in [1.54, 1.807) is 4.90 Å². The molecule has 2 rings (SSSR count). The number of unbranched alkanes of at least 4 members (excludes halogenated alkanes) is 2. The van der Waals surface area contributed by atoms with Crippen molar-refractivity contribution in [2.45, 2.75) is 38.6 Å². The number of aromatic nitrogens is 1. The molecule has 0 spiro atoms. The van der Waals surface area contributed by atoms with E-state index < -0.39 is 6.04 Å². The monoisotopic (exact) mass is 287 g/mol. The van der Waals surface area contributed by atoms with Gasteiger partial charge in [-0.1, -0.05) is 38.0 Å². The number of hydrogen-bond donors (Lipinski definition) is 2. The Morgan fingerprint density at radius 1 is 1.33 bits per heavy atom. The molecule has 1 heterocycles. The van der Waals surface area contributed by atoms with Gasteiger partial charge < -0.3 is 15.6 Å². The second-order valence-corrected chi connectivity index (χ2v) is 5.64. The van der Waals surface area contributed by atoms with Crippen molar-refractivity contribution in [3.05, 3.63) is 36.0 Å². The van der Waals surface area contributed by atoms with E-state index in [4.69, 9.17) is 5.73 Å². The smallest absolute Gasteiger partial charge is 0.239 e. The average molecular weight is 287 g/mol. The molecule has 0 fully saturated rings. The van der Waals surface area contributed by atoms with Crippen LogP contribution < -0.4 is 5.73 Å². The third-order valence-electron chi connectivity index (χ3n) is 3.91. The molecule has 0 aliphatic rings. The fraction of sp³-hybridized carbons (Fsp3) is 0.471. The number of nitrogens with two attached hydrogens (primary N) is 1. The normalized spacial score (nSPS) is 12.5. The topological polar surface area (TPSA) is 62.1 Å². The first-order valence-corrected chi connectivity index (χ1v) is 7.69. The Balaban J connectivity index is 1.97. The first-order chi connectivity index (χ1) is 10.1. The molecule has 1 aromatic heterocycles. The zero-order chi connectivity index (χ0) is 15.2. The Kier molecular flexibility index (Phi) is 5.39. The number of nitrogens with one attached hydrogen (secondary N) is 1. The molecule has 0 radical (unpaired) electrons. The molecule has 4 nitrogen and oxygen atoms in total. The molecular formula is C17H25N3O. The summed E-state index contributed by atoms with van der Waals surface area (Å²) in [7, 11) is 1.84. The number of carbonyl (C=O) groups is 1. The van der Waals surface area contributed by atoms with E-state index in [1.165, 1.54) is 0 Å². The number of carbonyl (C=O) groups excluding carboxylic acids is 1. The second-order valence-electron chi connectivity index (χ2n) is 5.64. The summed E-state index contributed by atoms with van der Waals surface area (Å²) in [6.07, 6.45) is 5.87. The van der Waals surface area contributed by atoms with Gasteiger partial charge in [0, 0.05) is 30.7 Å². The van der Waals surface area contributed by atoms with E-state index in [2.05, 4.69) is 18.0 Å². The number of para-hydroxylation sites is 1. The van der Waals surface area contributed by atoms with Crippen molar-refractivity contribution in [3.8, 4) is 0 Å². The number of likely N-dealkylation sites (N-methyl/N-ethyl adjacent to an activating group) is 1. The van der Waals surface area contributed by atoms with E-state index >= 15 is 0 Å². The maximum absolute atomic E-state index is 12.3. The summed E-state index contributed by atoms with van der Waals surface area (Å²) >= 11 is 0. The first kappa shape index (κ1) is 15.6. The lowest BCUT2D eigenvalue weighted by atomic mass is 10.0. The molecule has 0 saturated heterocycles. The molecule has 1 aromatic carbocycles. The number of hydrogen-bond acceptors (Lipinski definition) is 2. The summed E-state index contributed by atoms with van der Waals surface area (Å²) in [6.45, 7) is 2.94. The lowest BCUT2D eigenvalue weighted by Gasteiger charge is -2.21. The van der Waals surface area contributed by atoms with Crippen LogP contribution in [-0.2, 0) is 11.2 Å². The molecule has 2 aromatic rings. The van der Waals surface area contributed by atoms with Gasteiger partial charge in [-0.15, -0.1) is 0 Å². The molecule has 4 heteroatoms. The Morgan fingerprint density at radius 3 is 2.86 bits per heavy atom. The highest BCUT2D eigenvalue weighted by Crippen LogP contribution is 2.19. The molecule has 1 atom stereocenters. The van der Waals surface area contributed by atoms with Gasteiger partial charge in [0.15, 0.2) is 0 Å². The highest BCUT2D eigenvalue weighted by atomic mass is 16.2. The van der Waals surface area contributed by atoms with Crippen molar-refractivity contribution in [1.82, 2.24) is 9.88 Å². The van der Waals surface area contributed by atoms with E-state index in [9.17, 15) is 4.79 Å². The van der Waals surface area contributed by atoms with Gasteiger partial charge in [0.1, 0.15) is 0 Å². The summed E-state index contributed by atoms with van der Waals surface area (Å²) in [6, 6.07) is 7.61. The summed E-state index contributed by atoms with van der Waals surface area (Å²) in [5.41, 5.74) is 8.29. The summed E-state index contributed by atoms with van der Waals surface area (Å²) in [5.74, 6) is 0.0244. The largest absolute Gasteiger partial charge is 0.361 e. The van der Waals surface area contributed by atoms with Crippen molar-refractivity contribution in [3.63, 3.8) is 0 Å². The lowest BCUT2D eigenvalue weighted by molar-refractivity contribution is -0.131. The van der Waals surface area contributed by atoms with E-state index in [0.717, 1.165) is 42.3 Å². The Labute approximate surface area is 126 Å². The van der Waals surface area contributed by atoms with Crippen LogP contribution in [0.4, 0.5) is 0 Å². The highest BCUT2D eigenvalue weighted by molar-refractivity contribution is 5.86. The number of H-pyrrole nitrogens is 1. The number of amides is 1. The third-order valence-corrected chi connectivity index (χ3v) is 3.91. The SMILES string of the molecule is CCCCCN(C)C(=O)C(N)Cc1c[nH]c2ccccc12. The van der Waals surface area contributed by atoms with Crippen LogP contribution in [0, 0.1) is 0 Å². The molecule has 21 heavy (non-hydrogen) atoms. The molecule has 0 aliphatic heterocycles. The zero-order valence-corrected chi connectivity index (χ0v) is 12.9.